The van der Waals surface area contributed by atoms with Crippen LogP contribution in [0.2, 0.25) is 0 Å². The van der Waals surface area contributed by atoms with E-state index in [-0.39, 0.29) is 23.8 Å². The van der Waals surface area contributed by atoms with Crippen molar-refractivity contribution in [2.45, 2.75) is 39.7 Å². The molecule has 1 saturated heterocycles. The van der Waals surface area contributed by atoms with E-state index in [1.807, 2.05) is 63.2 Å². The first-order chi connectivity index (χ1) is 13.4. The molecule has 2 aromatic carbocycles. The maximum absolute atomic E-state index is 12.8. The lowest BCUT2D eigenvalue weighted by molar-refractivity contribution is -0.125. The lowest BCUT2D eigenvalue weighted by Gasteiger charge is -2.35. The Morgan fingerprint density at radius 2 is 1.82 bits per heavy atom. The first-order valence-corrected chi connectivity index (χ1v) is 9.92. The van der Waals surface area contributed by atoms with Crippen molar-refractivity contribution in [3.63, 3.8) is 0 Å². The molecule has 1 aliphatic heterocycles. The number of para-hydroxylation sites is 1. The van der Waals surface area contributed by atoms with E-state index in [1.54, 1.807) is 0 Å². The molecule has 0 aromatic heterocycles. The number of nitrogens with one attached hydrogen (secondary N) is 2. The standard InChI is InChI=1S/C23H29N3O2/c1-16-11-12-21(17(2)14-16)25-22(27)18(3)26-13-7-8-19(15-26)23(28)24-20-9-5-4-6-10-20/h4-6,9-12,14,18-19H,7-8,13,15H2,1-3H3,(H,24,28)(H,25,27)/t18-,19-/m0/s1. The number of hydrogen-bond acceptors (Lipinski definition) is 3. The Morgan fingerprint density at radius 1 is 1.07 bits per heavy atom. The highest BCUT2D eigenvalue weighted by atomic mass is 16.2. The average Bonchev–Trinajstić information content (AvgIpc) is 2.70. The van der Waals surface area contributed by atoms with Crippen molar-refractivity contribution in [1.29, 1.82) is 0 Å². The van der Waals surface area contributed by atoms with Gasteiger partial charge in [-0.3, -0.25) is 14.5 Å². The predicted octanol–water partition coefficient (Wildman–Crippen LogP) is 3.98. The van der Waals surface area contributed by atoms with E-state index in [0.717, 1.165) is 36.3 Å². The maximum Gasteiger partial charge on any atom is 0.241 e. The minimum atomic E-state index is -0.284. The van der Waals surface area contributed by atoms with Crippen LogP contribution >= 0.6 is 0 Å². The number of carbonyl (C=O) groups is 2. The van der Waals surface area contributed by atoms with Gasteiger partial charge in [-0.05, 0) is 63.9 Å². The molecule has 1 heterocycles. The number of carbonyl (C=O) groups excluding carboxylic acids is 2. The number of rotatable bonds is 5. The molecule has 2 aromatic rings. The molecular weight excluding hydrogens is 350 g/mol. The highest BCUT2D eigenvalue weighted by Crippen LogP contribution is 2.22. The first kappa shape index (κ1) is 20.1. The summed E-state index contributed by atoms with van der Waals surface area (Å²) in [5, 5.41) is 6.02. The van der Waals surface area contributed by atoms with Crippen LogP contribution in [0.15, 0.2) is 48.5 Å². The molecule has 0 bridgehead atoms. The number of piperidine rings is 1. The summed E-state index contributed by atoms with van der Waals surface area (Å²) in [4.78, 5) is 27.5. The smallest absolute Gasteiger partial charge is 0.241 e. The Kier molecular flexibility index (Phi) is 6.47. The third kappa shape index (κ3) is 4.98. The summed E-state index contributed by atoms with van der Waals surface area (Å²) in [5.74, 6) is -0.112. The van der Waals surface area contributed by atoms with Crippen LogP contribution in [0.4, 0.5) is 11.4 Å². The van der Waals surface area contributed by atoms with E-state index in [2.05, 4.69) is 21.6 Å². The maximum atomic E-state index is 12.8. The summed E-state index contributed by atoms with van der Waals surface area (Å²) in [7, 11) is 0. The van der Waals surface area contributed by atoms with Crippen molar-refractivity contribution in [2.24, 2.45) is 5.92 Å². The molecule has 0 unspecified atom stereocenters. The van der Waals surface area contributed by atoms with Crippen molar-refractivity contribution in [1.82, 2.24) is 4.90 Å². The van der Waals surface area contributed by atoms with Crippen LogP contribution in [-0.2, 0) is 9.59 Å². The number of hydrogen-bond donors (Lipinski definition) is 2. The monoisotopic (exact) mass is 379 g/mol. The van der Waals surface area contributed by atoms with Crippen LogP contribution in [-0.4, -0.2) is 35.8 Å². The number of amides is 2. The third-order valence-electron chi connectivity index (χ3n) is 5.43. The molecule has 5 nitrogen and oxygen atoms in total. The highest BCUT2D eigenvalue weighted by Gasteiger charge is 2.31. The van der Waals surface area contributed by atoms with E-state index in [1.165, 1.54) is 5.56 Å². The molecule has 3 rings (SSSR count). The van der Waals surface area contributed by atoms with Crippen molar-refractivity contribution >= 4 is 23.2 Å². The Morgan fingerprint density at radius 3 is 2.54 bits per heavy atom. The van der Waals surface area contributed by atoms with Crippen molar-refractivity contribution in [2.75, 3.05) is 23.7 Å². The Balaban J connectivity index is 1.59. The average molecular weight is 380 g/mol. The summed E-state index contributed by atoms with van der Waals surface area (Å²) in [6.07, 6.45) is 1.76. The molecule has 28 heavy (non-hydrogen) atoms. The molecule has 2 N–H and O–H groups in total. The fourth-order valence-corrected chi connectivity index (χ4v) is 3.69. The molecule has 0 spiro atoms. The van der Waals surface area contributed by atoms with Gasteiger partial charge in [-0.25, -0.2) is 0 Å². The summed E-state index contributed by atoms with van der Waals surface area (Å²) in [5.41, 5.74) is 3.88. The Bertz CT molecular complexity index is 835. The number of likely N-dealkylation sites (tertiary alicyclic amines) is 1. The number of benzene rings is 2. The summed E-state index contributed by atoms with van der Waals surface area (Å²) >= 11 is 0. The van der Waals surface area contributed by atoms with Gasteiger partial charge in [0.2, 0.25) is 11.8 Å². The number of anilines is 2. The van der Waals surface area contributed by atoms with E-state index in [4.69, 9.17) is 0 Å². The molecule has 0 radical (unpaired) electrons. The van der Waals surface area contributed by atoms with Gasteiger partial charge in [0.15, 0.2) is 0 Å². The number of nitrogens with zero attached hydrogens (tertiary/aromatic N) is 1. The quantitative estimate of drug-likeness (QED) is 0.826. The lowest BCUT2D eigenvalue weighted by atomic mass is 9.95. The molecule has 1 fully saturated rings. The van der Waals surface area contributed by atoms with Crippen LogP contribution in [0, 0.1) is 19.8 Å². The molecule has 2 atom stereocenters. The number of aryl methyl sites for hydroxylation is 2. The minimum absolute atomic E-state index is 0.0258. The topological polar surface area (TPSA) is 61.4 Å². The van der Waals surface area contributed by atoms with Crippen LogP contribution in [0.3, 0.4) is 0 Å². The minimum Gasteiger partial charge on any atom is -0.326 e. The van der Waals surface area contributed by atoms with Crippen molar-refractivity contribution < 1.29 is 9.59 Å². The second-order valence-corrected chi connectivity index (χ2v) is 7.67. The molecule has 0 saturated carbocycles. The molecule has 0 aliphatic carbocycles. The normalized spacial score (nSPS) is 18.3. The zero-order valence-electron chi connectivity index (χ0n) is 16.9. The van der Waals surface area contributed by atoms with Crippen LogP contribution in [0.1, 0.15) is 30.9 Å². The summed E-state index contributed by atoms with van der Waals surface area (Å²) in [6.45, 7) is 7.38. The fraction of sp³-hybridized carbons (Fsp3) is 0.391. The largest absolute Gasteiger partial charge is 0.326 e. The van der Waals surface area contributed by atoms with Gasteiger partial charge in [0.25, 0.3) is 0 Å². The molecule has 1 aliphatic rings. The van der Waals surface area contributed by atoms with E-state index in [9.17, 15) is 9.59 Å². The third-order valence-corrected chi connectivity index (χ3v) is 5.43. The van der Waals surface area contributed by atoms with E-state index in [0.29, 0.717) is 6.54 Å². The van der Waals surface area contributed by atoms with Gasteiger partial charge in [0.1, 0.15) is 0 Å². The van der Waals surface area contributed by atoms with Gasteiger partial charge in [0.05, 0.1) is 12.0 Å². The SMILES string of the molecule is Cc1ccc(NC(=O)[C@H](C)N2CCC[C@H](C(=O)Nc3ccccc3)C2)c(C)c1. The zero-order valence-corrected chi connectivity index (χ0v) is 16.9. The first-order valence-electron chi connectivity index (χ1n) is 9.92. The van der Waals surface area contributed by atoms with E-state index < -0.39 is 0 Å². The summed E-state index contributed by atoms with van der Waals surface area (Å²) in [6, 6.07) is 15.2. The highest BCUT2D eigenvalue weighted by molar-refractivity contribution is 5.95. The fourth-order valence-electron chi connectivity index (χ4n) is 3.69. The van der Waals surface area contributed by atoms with Gasteiger partial charge < -0.3 is 10.6 Å². The molecule has 2 amide bonds. The van der Waals surface area contributed by atoms with Gasteiger partial charge in [-0.15, -0.1) is 0 Å². The van der Waals surface area contributed by atoms with Gasteiger partial charge in [-0.1, -0.05) is 35.9 Å². The van der Waals surface area contributed by atoms with Gasteiger partial charge in [0, 0.05) is 17.9 Å². The molecule has 5 heteroatoms. The van der Waals surface area contributed by atoms with Crippen molar-refractivity contribution in [3.05, 3.63) is 59.7 Å². The van der Waals surface area contributed by atoms with Crippen LogP contribution in [0.5, 0.6) is 0 Å². The second kappa shape index (κ2) is 9.02. The van der Waals surface area contributed by atoms with Gasteiger partial charge in [-0.2, -0.15) is 0 Å². The van der Waals surface area contributed by atoms with Crippen molar-refractivity contribution in [3.8, 4) is 0 Å². The Labute approximate surface area is 167 Å². The van der Waals surface area contributed by atoms with E-state index >= 15 is 0 Å². The zero-order chi connectivity index (χ0) is 20.1. The van der Waals surface area contributed by atoms with Crippen LogP contribution < -0.4 is 10.6 Å². The van der Waals surface area contributed by atoms with Gasteiger partial charge >= 0.3 is 0 Å². The molecular formula is C23H29N3O2. The lowest BCUT2D eigenvalue weighted by Crippen LogP contribution is -2.49. The Hall–Kier alpha value is -2.66. The summed E-state index contributed by atoms with van der Waals surface area (Å²) < 4.78 is 0. The molecule has 148 valence electrons. The second-order valence-electron chi connectivity index (χ2n) is 7.67. The predicted molar refractivity (Wildman–Crippen MR) is 113 cm³/mol. The van der Waals surface area contributed by atoms with Crippen LogP contribution in [0.25, 0.3) is 0 Å².